The van der Waals surface area contributed by atoms with E-state index in [1.54, 1.807) is 19.3 Å². The van der Waals surface area contributed by atoms with Crippen molar-refractivity contribution in [1.82, 2.24) is 4.57 Å². The third-order valence-corrected chi connectivity index (χ3v) is 2.30. The van der Waals surface area contributed by atoms with E-state index in [1.165, 1.54) is 4.57 Å². The summed E-state index contributed by atoms with van der Waals surface area (Å²) in [5.41, 5.74) is 1.04. The van der Waals surface area contributed by atoms with Crippen molar-refractivity contribution in [1.29, 1.82) is 0 Å². The predicted octanol–water partition coefficient (Wildman–Crippen LogP) is 1.59. The number of aromatic nitrogens is 1. The van der Waals surface area contributed by atoms with Crippen molar-refractivity contribution >= 4 is 5.97 Å². The van der Waals surface area contributed by atoms with Gasteiger partial charge in [0, 0.05) is 13.2 Å². The van der Waals surface area contributed by atoms with E-state index in [0.29, 0.717) is 12.0 Å². The van der Waals surface area contributed by atoms with Crippen LogP contribution in [0.25, 0.3) is 0 Å². The van der Waals surface area contributed by atoms with E-state index in [4.69, 9.17) is 5.11 Å². The van der Waals surface area contributed by atoms with Crippen LogP contribution in [0.15, 0.2) is 28.7 Å². The minimum Gasteiger partial charge on any atom is -0.477 e. The van der Waals surface area contributed by atoms with Crippen LogP contribution in [0.3, 0.4) is 0 Å². The number of rotatable bonds is 3. The van der Waals surface area contributed by atoms with Crippen LogP contribution >= 0.6 is 0 Å². The molecule has 0 radical (unpaired) electrons. The molecule has 0 fully saturated rings. The number of allylic oxidation sites excluding steroid dienone is 2. The van der Waals surface area contributed by atoms with Crippen LogP contribution in [-0.2, 0) is 13.5 Å². The zero-order chi connectivity index (χ0) is 12.3. The normalized spacial score (nSPS) is 9.94. The molecule has 0 saturated heterocycles. The van der Waals surface area contributed by atoms with Crippen molar-refractivity contribution in [2.75, 3.05) is 0 Å². The SMILES string of the molecule is CC(C)=CCc1ccn(C)c(=O)c1C(=O)O. The van der Waals surface area contributed by atoms with E-state index >= 15 is 0 Å². The average Bonchev–Trinajstić information content (AvgIpc) is 2.19. The van der Waals surface area contributed by atoms with E-state index in [1.807, 2.05) is 19.9 Å². The third-order valence-electron chi connectivity index (χ3n) is 2.30. The number of carboxylic acids is 1. The molecular formula is C12H15NO3. The Kier molecular flexibility index (Phi) is 3.66. The minimum absolute atomic E-state index is 0.137. The van der Waals surface area contributed by atoms with E-state index in [-0.39, 0.29) is 5.56 Å². The summed E-state index contributed by atoms with van der Waals surface area (Å²) in [6.45, 7) is 3.86. The first-order valence-electron chi connectivity index (χ1n) is 4.98. The number of hydrogen-bond acceptors (Lipinski definition) is 2. The van der Waals surface area contributed by atoms with Gasteiger partial charge in [0.15, 0.2) is 0 Å². The first-order chi connectivity index (χ1) is 7.43. The lowest BCUT2D eigenvalue weighted by Gasteiger charge is -2.05. The Morgan fingerprint density at radius 2 is 2.12 bits per heavy atom. The molecular weight excluding hydrogens is 206 g/mol. The molecule has 1 rings (SSSR count). The Hall–Kier alpha value is -1.84. The maximum Gasteiger partial charge on any atom is 0.341 e. The molecule has 1 heterocycles. The van der Waals surface area contributed by atoms with Crippen molar-refractivity contribution in [2.45, 2.75) is 20.3 Å². The van der Waals surface area contributed by atoms with Gasteiger partial charge in [-0.1, -0.05) is 11.6 Å². The molecule has 0 aliphatic carbocycles. The van der Waals surface area contributed by atoms with Crippen LogP contribution in [0.1, 0.15) is 29.8 Å². The van der Waals surface area contributed by atoms with Gasteiger partial charge >= 0.3 is 5.97 Å². The molecule has 1 aromatic heterocycles. The van der Waals surface area contributed by atoms with Crippen LogP contribution in [0.5, 0.6) is 0 Å². The minimum atomic E-state index is -1.17. The fourth-order valence-electron chi connectivity index (χ4n) is 1.38. The van der Waals surface area contributed by atoms with Crippen LogP contribution in [0.4, 0.5) is 0 Å². The predicted molar refractivity (Wildman–Crippen MR) is 61.8 cm³/mol. The van der Waals surface area contributed by atoms with Crippen LogP contribution in [-0.4, -0.2) is 15.6 Å². The molecule has 0 aromatic carbocycles. The van der Waals surface area contributed by atoms with E-state index in [2.05, 4.69) is 0 Å². The highest BCUT2D eigenvalue weighted by Crippen LogP contribution is 2.07. The lowest BCUT2D eigenvalue weighted by atomic mass is 10.1. The summed E-state index contributed by atoms with van der Waals surface area (Å²) < 4.78 is 1.27. The first-order valence-corrected chi connectivity index (χ1v) is 4.98. The second-order valence-electron chi connectivity index (χ2n) is 3.92. The van der Waals surface area contributed by atoms with Gasteiger partial charge in [-0.25, -0.2) is 4.79 Å². The van der Waals surface area contributed by atoms with Crippen molar-refractivity contribution in [2.24, 2.45) is 7.05 Å². The van der Waals surface area contributed by atoms with Gasteiger partial charge in [0.25, 0.3) is 5.56 Å². The molecule has 1 aromatic rings. The average molecular weight is 221 g/mol. The lowest BCUT2D eigenvalue weighted by molar-refractivity contribution is 0.0693. The summed E-state index contributed by atoms with van der Waals surface area (Å²) in [6.07, 6.45) is 3.96. The molecule has 0 aliphatic heterocycles. The van der Waals surface area contributed by atoms with Gasteiger partial charge in [-0.2, -0.15) is 0 Å². The quantitative estimate of drug-likeness (QED) is 0.788. The molecule has 16 heavy (non-hydrogen) atoms. The summed E-state index contributed by atoms with van der Waals surface area (Å²) in [4.78, 5) is 22.6. The smallest absolute Gasteiger partial charge is 0.341 e. The molecule has 0 saturated carbocycles. The maximum atomic E-state index is 11.6. The Morgan fingerprint density at radius 3 is 2.62 bits per heavy atom. The molecule has 4 nitrogen and oxygen atoms in total. The van der Waals surface area contributed by atoms with Gasteiger partial charge in [0.2, 0.25) is 0 Å². The number of carbonyl (C=O) groups is 1. The third kappa shape index (κ3) is 2.59. The zero-order valence-corrected chi connectivity index (χ0v) is 9.65. The molecule has 4 heteroatoms. The van der Waals surface area contributed by atoms with Crippen molar-refractivity contribution in [3.8, 4) is 0 Å². The summed E-state index contributed by atoms with van der Waals surface area (Å²) in [5.74, 6) is -1.17. The van der Waals surface area contributed by atoms with Gasteiger partial charge in [-0.05, 0) is 31.9 Å². The summed E-state index contributed by atoms with van der Waals surface area (Å²) in [6, 6.07) is 1.67. The second-order valence-corrected chi connectivity index (χ2v) is 3.92. The van der Waals surface area contributed by atoms with Crippen LogP contribution in [0.2, 0.25) is 0 Å². The maximum absolute atomic E-state index is 11.6. The lowest BCUT2D eigenvalue weighted by Crippen LogP contribution is -2.25. The standard InChI is InChI=1S/C12H15NO3/c1-8(2)4-5-9-6-7-13(3)11(14)10(9)12(15)16/h4,6-7H,5H2,1-3H3,(H,15,16). The molecule has 1 N–H and O–H groups in total. The topological polar surface area (TPSA) is 59.3 Å². The number of aromatic carboxylic acids is 1. The molecule has 0 spiro atoms. The van der Waals surface area contributed by atoms with Gasteiger partial charge in [-0.15, -0.1) is 0 Å². The van der Waals surface area contributed by atoms with Gasteiger partial charge in [-0.3, -0.25) is 4.79 Å². The molecule has 0 amide bonds. The fraction of sp³-hybridized carbons (Fsp3) is 0.333. The van der Waals surface area contributed by atoms with E-state index in [0.717, 1.165) is 5.57 Å². The summed E-state index contributed by atoms with van der Waals surface area (Å²) in [5, 5.41) is 9.00. The highest BCUT2D eigenvalue weighted by atomic mass is 16.4. The number of aryl methyl sites for hydroxylation is 1. The van der Waals surface area contributed by atoms with Gasteiger partial charge < -0.3 is 9.67 Å². The fourth-order valence-corrected chi connectivity index (χ4v) is 1.38. The first kappa shape index (κ1) is 12.2. The Labute approximate surface area is 93.8 Å². The largest absolute Gasteiger partial charge is 0.477 e. The van der Waals surface area contributed by atoms with E-state index in [9.17, 15) is 9.59 Å². The molecule has 0 aliphatic rings. The van der Waals surface area contributed by atoms with Crippen molar-refractivity contribution < 1.29 is 9.90 Å². The number of pyridine rings is 1. The number of carboxylic acid groups (broad SMARTS) is 1. The van der Waals surface area contributed by atoms with Gasteiger partial charge in [0.1, 0.15) is 5.56 Å². The van der Waals surface area contributed by atoms with Gasteiger partial charge in [0.05, 0.1) is 0 Å². The number of hydrogen-bond donors (Lipinski definition) is 1. The van der Waals surface area contributed by atoms with Crippen LogP contribution in [0, 0.1) is 0 Å². The monoisotopic (exact) mass is 221 g/mol. The summed E-state index contributed by atoms with van der Waals surface area (Å²) in [7, 11) is 1.54. The van der Waals surface area contributed by atoms with Crippen molar-refractivity contribution in [3.63, 3.8) is 0 Å². The second kappa shape index (κ2) is 4.79. The zero-order valence-electron chi connectivity index (χ0n) is 9.65. The highest BCUT2D eigenvalue weighted by molar-refractivity contribution is 5.89. The Morgan fingerprint density at radius 1 is 1.50 bits per heavy atom. The summed E-state index contributed by atoms with van der Waals surface area (Å²) >= 11 is 0. The van der Waals surface area contributed by atoms with Crippen molar-refractivity contribution in [3.05, 3.63) is 45.4 Å². The molecule has 0 atom stereocenters. The number of nitrogens with zero attached hydrogens (tertiary/aromatic N) is 1. The van der Waals surface area contributed by atoms with E-state index < -0.39 is 11.5 Å². The molecule has 0 bridgehead atoms. The Bertz CT molecular complexity index is 493. The Balaban J connectivity index is 3.30. The molecule has 0 unspecified atom stereocenters. The van der Waals surface area contributed by atoms with Crippen LogP contribution < -0.4 is 5.56 Å². The molecule has 86 valence electrons. The highest BCUT2D eigenvalue weighted by Gasteiger charge is 2.14.